The number of hydrogen-bond acceptors (Lipinski definition) is 6. The van der Waals surface area contributed by atoms with Gasteiger partial charge in [0, 0.05) is 42.2 Å². The van der Waals surface area contributed by atoms with E-state index in [4.69, 9.17) is 15.5 Å². The lowest BCUT2D eigenvalue weighted by Crippen LogP contribution is -2.15. The monoisotopic (exact) mass is 369 g/mol. The van der Waals surface area contributed by atoms with Gasteiger partial charge in [-0.15, -0.1) is 0 Å². The molecule has 2 aromatic heterocycles. The molecule has 0 amide bonds. The Bertz CT molecular complexity index is 1170. The highest BCUT2D eigenvalue weighted by Crippen LogP contribution is 2.33. The number of benzene rings is 2. The molecule has 3 N–H and O–H groups in total. The average Bonchev–Trinajstić information content (AvgIpc) is 3.16. The summed E-state index contributed by atoms with van der Waals surface area (Å²) >= 11 is 0. The van der Waals surface area contributed by atoms with Crippen LogP contribution >= 0.6 is 0 Å². The third-order valence-electron chi connectivity index (χ3n) is 4.71. The van der Waals surface area contributed by atoms with E-state index in [9.17, 15) is 0 Å². The van der Waals surface area contributed by atoms with Gasteiger partial charge in [0.1, 0.15) is 11.5 Å². The van der Waals surface area contributed by atoms with E-state index >= 15 is 0 Å². The van der Waals surface area contributed by atoms with Gasteiger partial charge < -0.3 is 15.6 Å². The van der Waals surface area contributed by atoms with Gasteiger partial charge in [0.25, 0.3) is 0 Å². The predicted octanol–water partition coefficient (Wildman–Crippen LogP) is 4.05. The molecular weight excluding hydrogens is 350 g/mol. The molecule has 0 aliphatic heterocycles. The molecular formula is C22H19N5O. The predicted molar refractivity (Wildman–Crippen MR) is 109 cm³/mol. The Morgan fingerprint density at radius 1 is 1.14 bits per heavy atom. The molecule has 0 fully saturated rings. The van der Waals surface area contributed by atoms with E-state index in [1.165, 1.54) is 0 Å². The molecule has 0 spiro atoms. The van der Waals surface area contributed by atoms with Crippen molar-refractivity contribution in [3.63, 3.8) is 0 Å². The van der Waals surface area contributed by atoms with E-state index in [0.29, 0.717) is 17.6 Å². The number of hydrogen-bond donors (Lipinski definition) is 2. The Labute approximate surface area is 162 Å². The Hall–Kier alpha value is -3.69. The summed E-state index contributed by atoms with van der Waals surface area (Å²) in [7, 11) is 1.84. The molecule has 28 heavy (non-hydrogen) atoms. The maximum absolute atomic E-state index is 9.08. The highest BCUT2D eigenvalue weighted by molar-refractivity contribution is 5.93. The number of anilines is 1. The Morgan fingerprint density at radius 2 is 2.00 bits per heavy atom. The van der Waals surface area contributed by atoms with Crippen LogP contribution in [0, 0.1) is 11.3 Å². The van der Waals surface area contributed by atoms with E-state index in [1.54, 1.807) is 12.1 Å². The van der Waals surface area contributed by atoms with Gasteiger partial charge in [0.15, 0.2) is 5.58 Å². The van der Waals surface area contributed by atoms with Crippen molar-refractivity contribution in [2.45, 2.75) is 12.5 Å². The lowest BCUT2D eigenvalue weighted by atomic mass is 9.94. The lowest BCUT2D eigenvalue weighted by molar-refractivity contribution is 0.459. The van der Waals surface area contributed by atoms with Crippen LogP contribution in [0.3, 0.4) is 0 Å². The van der Waals surface area contributed by atoms with Crippen LogP contribution in [-0.4, -0.2) is 17.2 Å². The number of pyridine rings is 1. The molecule has 0 unspecified atom stereocenters. The van der Waals surface area contributed by atoms with E-state index in [0.717, 1.165) is 33.7 Å². The summed E-state index contributed by atoms with van der Waals surface area (Å²) in [6.45, 7) is 0. The van der Waals surface area contributed by atoms with Gasteiger partial charge >= 0.3 is 0 Å². The largest absolute Gasteiger partial charge is 0.373 e. The molecule has 4 aromatic rings. The van der Waals surface area contributed by atoms with Crippen molar-refractivity contribution in [3.05, 3.63) is 77.5 Å². The number of fused-ring (bicyclic) bond motifs is 1. The van der Waals surface area contributed by atoms with Crippen molar-refractivity contribution in [3.8, 4) is 17.3 Å². The van der Waals surface area contributed by atoms with Crippen molar-refractivity contribution in [2.24, 2.45) is 5.73 Å². The van der Waals surface area contributed by atoms with Gasteiger partial charge in [0.05, 0.1) is 11.6 Å². The second kappa shape index (κ2) is 7.51. The van der Waals surface area contributed by atoms with Gasteiger partial charge in [0.2, 0.25) is 0 Å². The van der Waals surface area contributed by atoms with Gasteiger partial charge in [-0.1, -0.05) is 35.5 Å². The molecule has 0 aliphatic carbocycles. The molecule has 6 nitrogen and oxygen atoms in total. The summed E-state index contributed by atoms with van der Waals surface area (Å²) in [5.41, 5.74) is 11.2. The smallest absolute Gasteiger partial charge is 0.168 e. The Kier molecular flexibility index (Phi) is 4.75. The second-order valence-corrected chi connectivity index (χ2v) is 6.52. The third kappa shape index (κ3) is 3.31. The van der Waals surface area contributed by atoms with E-state index in [2.05, 4.69) is 21.5 Å². The zero-order chi connectivity index (χ0) is 19.5. The first-order valence-electron chi connectivity index (χ1n) is 8.97. The SMILES string of the molecule is CNc1cccc(C[C@H](N)c2ccccc2-c2noc3cc(C#N)ccc23)n1. The average molecular weight is 369 g/mol. The normalized spacial score (nSPS) is 11.9. The number of nitrogens with two attached hydrogens (primary N) is 1. The van der Waals surface area contributed by atoms with Crippen LogP contribution in [0.15, 0.2) is 65.2 Å². The Morgan fingerprint density at radius 3 is 2.82 bits per heavy atom. The molecule has 0 radical (unpaired) electrons. The standard InChI is InChI=1S/C22H19N5O/c1-25-21-8-4-5-15(26-21)12-19(24)16-6-2-3-7-17(16)22-18-10-9-14(13-23)11-20(18)28-27-22/h2-11,19H,12,24H2,1H3,(H,25,26)/t19-/m0/s1. The number of aromatic nitrogens is 2. The van der Waals surface area contributed by atoms with Crippen molar-refractivity contribution in [1.29, 1.82) is 5.26 Å². The molecule has 1 atom stereocenters. The zero-order valence-corrected chi connectivity index (χ0v) is 15.4. The fraction of sp³-hybridized carbons (Fsp3) is 0.136. The van der Waals surface area contributed by atoms with Crippen LogP contribution in [0.25, 0.3) is 22.2 Å². The molecule has 2 aromatic carbocycles. The summed E-state index contributed by atoms with van der Waals surface area (Å²) < 4.78 is 5.47. The maximum atomic E-state index is 9.08. The minimum absolute atomic E-state index is 0.249. The lowest BCUT2D eigenvalue weighted by Gasteiger charge is -2.16. The first kappa shape index (κ1) is 17.7. The van der Waals surface area contributed by atoms with E-state index < -0.39 is 0 Å². The maximum Gasteiger partial charge on any atom is 0.168 e. The molecule has 0 saturated carbocycles. The summed E-state index contributed by atoms with van der Waals surface area (Å²) in [6, 6.07) is 20.9. The van der Waals surface area contributed by atoms with Crippen LogP contribution in [0.5, 0.6) is 0 Å². The zero-order valence-electron chi connectivity index (χ0n) is 15.4. The van der Waals surface area contributed by atoms with Crippen LogP contribution in [0.1, 0.15) is 22.9 Å². The molecule has 2 heterocycles. The Balaban J connectivity index is 1.72. The third-order valence-corrected chi connectivity index (χ3v) is 4.71. The topological polar surface area (TPSA) is 101 Å². The molecule has 4 rings (SSSR count). The van der Waals surface area contributed by atoms with E-state index in [1.807, 2.05) is 55.6 Å². The molecule has 0 bridgehead atoms. The van der Waals surface area contributed by atoms with Crippen molar-refractivity contribution in [1.82, 2.24) is 10.1 Å². The van der Waals surface area contributed by atoms with Crippen molar-refractivity contribution in [2.75, 3.05) is 12.4 Å². The first-order chi connectivity index (χ1) is 13.7. The van der Waals surface area contributed by atoms with Crippen LogP contribution in [0.2, 0.25) is 0 Å². The highest BCUT2D eigenvalue weighted by atomic mass is 16.5. The fourth-order valence-corrected chi connectivity index (χ4v) is 3.31. The summed E-state index contributed by atoms with van der Waals surface area (Å²) in [5, 5.41) is 17.2. The van der Waals surface area contributed by atoms with Gasteiger partial charge in [-0.2, -0.15) is 5.26 Å². The number of nitrogens with one attached hydrogen (secondary N) is 1. The molecule has 0 saturated heterocycles. The second-order valence-electron chi connectivity index (χ2n) is 6.52. The quantitative estimate of drug-likeness (QED) is 0.550. The van der Waals surface area contributed by atoms with Crippen LogP contribution < -0.4 is 11.1 Å². The summed E-state index contributed by atoms with van der Waals surface area (Å²) in [6.07, 6.45) is 0.598. The van der Waals surface area contributed by atoms with Gasteiger partial charge in [-0.25, -0.2) is 4.98 Å². The highest BCUT2D eigenvalue weighted by Gasteiger charge is 2.18. The van der Waals surface area contributed by atoms with Crippen molar-refractivity contribution >= 4 is 16.8 Å². The van der Waals surface area contributed by atoms with Gasteiger partial charge in [-0.3, -0.25) is 0 Å². The number of rotatable bonds is 5. The van der Waals surface area contributed by atoms with Crippen molar-refractivity contribution < 1.29 is 4.52 Å². The van der Waals surface area contributed by atoms with E-state index in [-0.39, 0.29) is 6.04 Å². The molecule has 138 valence electrons. The minimum Gasteiger partial charge on any atom is -0.373 e. The minimum atomic E-state index is -0.249. The molecule has 0 aliphatic rings. The number of nitrogens with zero attached hydrogens (tertiary/aromatic N) is 3. The molecule has 6 heteroatoms. The van der Waals surface area contributed by atoms with Crippen LogP contribution in [-0.2, 0) is 6.42 Å². The van der Waals surface area contributed by atoms with Gasteiger partial charge in [-0.05, 0) is 29.8 Å². The fourth-order valence-electron chi connectivity index (χ4n) is 3.31. The summed E-state index contributed by atoms with van der Waals surface area (Å²) in [4.78, 5) is 4.56. The summed E-state index contributed by atoms with van der Waals surface area (Å²) in [5.74, 6) is 0.814. The first-order valence-corrected chi connectivity index (χ1v) is 8.97. The van der Waals surface area contributed by atoms with Crippen LogP contribution in [0.4, 0.5) is 5.82 Å². The number of nitriles is 1.